The molecule has 2 aliphatic heterocycles. The van der Waals surface area contributed by atoms with Gasteiger partial charge in [0, 0.05) is 44.2 Å². The Bertz CT molecular complexity index is 538. The van der Waals surface area contributed by atoms with Gasteiger partial charge in [-0.25, -0.2) is 0 Å². The number of hydrogen-bond acceptors (Lipinski definition) is 3. The minimum absolute atomic E-state index is 0.318. The van der Waals surface area contributed by atoms with Gasteiger partial charge in [-0.15, -0.1) is 0 Å². The van der Waals surface area contributed by atoms with Crippen LogP contribution in [0.4, 0.5) is 0 Å². The summed E-state index contributed by atoms with van der Waals surface area (Å²) in [6.45, 7) is 3.02. The van der Waals surface area contributed by atoms with Crippen LogP contribution in [0.2, 0.25) is 0 Å². The predicted octanol–water partition coefficient (Wildman–Crippen LogP) is 1.04. The number of carbonyl (C=O) groups is 1. The van der Waals surface area contributed by atoms with Crippen molar-refractivity contribution in [1.29, 1.82) is 0 Å². The van der Waals surface area contributed by atoms with Crippen LogP contribution in [0.25, 0.3) is 0 Å². The van der Waals surface area contributed by atoms with Gasteiger partial charge in [-0.2, -0.15) is 5.10 Å². The van der Waals surface area contributed by atoms with E-state index in [0.717, 1.165) is 44.6 Å². The number of fused-ring (bicyclic) bond motifs is 2. The van der Waals surface area contributed by atoms with E-state index >= 15 is 0 Å². The first-order valence-corrected chi connectivity index (χ1v) is 8.38. The van der Waals surface area contributed by atoms with E-state index in [4.69, 9.17) is 0 Å². The Kier molecular flexibility index (Phi) is 3.45. The number of amides is 1. The summed E-state index contributed by atoms with van der Waals surface area (Å²) in [6, 6.07) is 0.450. The maximum atomic E-state index is 12.5. The van der Waals surface area contributed by atoms with Crippen molar-refractivity contribution in [1.82, 2.24) is 20.4 Å². The summed E-state index contributed by atoms with van der Waals surface area (Å²) in [4.78, 5) is 14.6. The largest absolute Gasteiger partial charge is 0.338 e. The first kappa shape index (κ1) is 13.3. The predicted molar refractivity (Wildman–Crippen MR) is 80.0 cm³/mol. The molecule has 0 unspecified atom stereocenters. The fourth-order valence-electron chi connectivity index (χ4n) is 4.28. The lowest BCUT2D eigenvalue weighted by Gasteiger charge is -2.23. The molecule has 1 aliphatic carbocycles. The molecule has 0 saturated carbocycles. The number of aromatic nitrogens is 2. The standard InChI is InChI=1S/C16H24N4O/c21-16(20-8-7-11-9-17-10-15(11)20)6-5-14-12-3-1-2-4-13(12)18-19-14/h11,15,17H,1-10H2,(H,18,19)/t11-,15+/m1/s1. The number of nitrogens with zero attached hydrogens (tertiary/aromatic N) is 2. The SMILES string of the molecule is O=C(CCc1n[nH]c2c1CCCC2)N1CC[C@@H]2CNC[C@@H]21. The first-order valence-electron chi connectivity index (χ1n) is 8.38. The molecule has 1 amide bonds. The van der Waals surface area contributed by atoms with Crippen molar-refractivity contribution in [3.8, 4) is 0 Å². The maximum Gasteiger partial charge on any atom is 0.223 e. The number of rotatable bonds is 3. The van der Waals surface area contributed by atoms with Crippen LogP contribution in [0.15, 0.2) is 0 Å². The van der Waals surface area contributed by atoms with Crippen molar-refractivity contribution in [3.05, 3.63) is 17.0 Å². The molecule has 2 N–H and O–H groups in total. The lowest BCUT2D eigenvalue weighted by Crippen LogP contribution is -2.39. The molecule has 1 aromatic rings. The van der Waals surface area contributed by atoms with Crippen molar-refractivity contribution in [3.63, 3.8) is 0 Å². The van der Waals surface area contributed by atoms with E-state index in [-0.39, 0.29) is 0 Å². The second-order valence-corrected chi connectivity index (χ2v) is 6.70. The number of likely N-dealkylation sites (tertiary alicyclic amines) is 1. The molecule has 1 aromatic heterocycles. The number of H-pyrrole nitrogens is 1. The topological polar surface area (TPSA) is 61.0 Å². The Labute approximate surface area is 125 Å². The van der Waals surface area contributed by atoms with Gasteiger partial charge in [0.2, 0.25) is 5.91 Å². The van der Waals surface area contributed by atoms with Gasteiger partial charge in [0.15, 0.2) is 0 Å². The second kappa shape index (κ2) is 5.44. The highest BCUT2D eigenvalue weighted by atomic mass is 16.2. The minimum atomic E-state index is 0.318. The lowest BCUT2D eigenvalue weighted by molar-refractivity contribution is -0.131. The molecule has 114 valence electrons. The third kappa shape index (κ3) is 2.37. The lowest BCUT2D eigenvalue weighted by atomic mass is 9.94. The van der Waals surface area contributed by atoms with Crippen LogP contribution < -0.4 is 5.32 Å². The highest BCUT2D eigenvalue weighted by molar-refractivity contribution is 5.77. The highest BCUT2D eigenvalue weighted by Gasteiger charge is 2.39. The van der Waals surface area contributed by atoms with Gasteiger partial charge < -0.3 is 10.2 Å². The molecule has 0 radical (unpaired) electrons. The van der Waals surface area contributed by atoms with Gasteiger partial charge in [0.1, 0.15) is 0 Å². The zero-order chi connectivity index (χ0) is 14.2. The first-order chi connectivity index (χ1) is 10.3. The molecule has 3 heterocycles. The van der Waals surface area contributed by atoms with Crippen LogP contribution in [0.3, 0.4) is 0 Å². The summed E-state index contributed by atoms with van der Waals surface area (Å²) < 4.78 is 0. The zero-order valence-corrected chi connectivity index (χ0v) is 12.5. The van der Waals surface area contributed by atoms with Crippen LogP contribution in [0.5, 0.6) is 0 Å². The van der Waals surface area contributed by atoms with Gasteiger partial charge in [-0.1, -0.05) is 0 Å². The molecule has 4 rings (SSSR count). The molecule has 0 aromatic carbocycles. The van der Waals surface area contributed by atoms with Gasteiger partial charge >= 0.3 is 0 Å². The van der Waals surface area contributed by atoms with Crippen molar-refractivity contribution >= 4 is 5.91 Å². The fraction of sp³-hybridized carbons (Fsp3) is 0.750. The average Bonchev–Trinajstić information content (AvgIpc) is 3.19. The van der Waals surface area contributed by atoms with Crippen molar-refractivity contribution in [2.45, 2.75) is 51.0 Å². The van der Waals surface area contributed by atoms with Crippen LogP contribution in [-0.4, -0.2) is 46.7 Å². The summed E-state index contributed by atoms with van der Waals surface area (Å²) in [5.74, 6) is 1.01. The third-order valence-electron chi connectivity index (χ3n) is 5.48. The van der Waals surface area contributed by atoms with Gasteiger partial charge in [0.25, 0.3) is 0 Å². The quantitative estimate of drug-likeness (QED) is 0.874. The summed E-state index contributed by atoms with van der Waals surface area (Å²) >= 11 is 0. The van der Waals surface area contributed by atoms with Crippen LogP contribution in [0, 0.1) is 5.92 Å². The molecule has 2 fully saturated rings. The number of aromatic amines is 1. The summed E-state index contributed by atoms with van der Waals surface area (Å²) in [5, 5.41) is 11.0. The van der Waals surface area contributed by atoms with E-state index in [1.165, 1.54) is 30.5 Å². The van der Waals surface area contributed by atoms with E-state index in [1.807, 2.05) is 0 Å². The average molecular weight is 288 g/mol. The monoisotopic (exact) mass is 288 g/mol. The van der Waals surface area contributed by atoms with E-state index in [0.29, 0.717) is 24.3 Å². The molecule has 2 saturated heterocycles. The number of carbonyl (C=O) groups excluding carboxylic acids is 1. The molecule has 21 heavy (non-hydrogen) atoms. The second-order valence-electron chi connectivity index (χ2n) is 6.70. The normalized spacial score (nSPS) is 27.7. The summed E-state index contributed by atoms with van der Waals surface area (Å²) in [5.41, 5.74) is 3.85. The third-order valence-corrected chi connectivity index (χ3v) is 5.48. The Morgan fingerprint density at radius 1 is 1.29 bits per heavy atom. The Morgan fingerprint density at radius 2 is 2.19 bits per heavy atom. The van der Waals surface area contributed by atoms with E-state index in [2.05, 4.69) is 20.4 Å². The Balaban J connectivity index is 1.38. The molecule has 3 aliphatic rings. The Morgan fingerprint density at radius 3 is 3.14 bits per heavy atom. The van der Waals surface area contributed by atoms with Gasteiger partial charge in [-0.05, 0) is 43.6 Å². The van der Waals surface area contributed by atoms with Gasteiger partial charge in [-0.3, -0.25) is 9.89 Å². The molecule has 5 nitrogen and oxygen atoms in total. The van der Waals surface area contributed by atoms with Crippen molar-refractivity contribution < 1.29 is 4.79 Å². The molecule has 0 bridgehead atoms. The highest BCUT2D eigenvalue weighted by Crippen LogP contribution is 2.28. The molecular weight excluding hydrogens is 264 g/mol. The van der Waals surface area contributed by atoms with Crippen molar-refractivity contribution in [2.24, 2.45) is 5.92 Å². The summed E-state index contributed by atoms with van der Waals surface area (Å²) in [6.07, 6.45) is 7.35. The fourth-order valence-corrected chi connectivity index (χ4v) is 4.28. The van der Waals surface area contributed by atoms with Crippen molar-refractivity contribution in [2.75, 3.05) is 19.6 Å². The Hall–Kier alpha value is -1.36. The number of hydrogen-bond donors (Lipinski definition) is 2. The maximum absolute atomic E-state index is 12.5. The van der Waals surface area contributed by atoms with E-state index in [9.17, 15) is 4.79 Å². The zero-order valence-electron chi connectivity index (χ0n) is 12.5. The van der Waals surface area contributed by atoms with E-state index in [1.54, 1.807) is 0 Å². The van der Waals surface area contributed by atoms with Crippen LogP contribution in [0.1, 0.15) is 42.6 Å². The molecule has 5 heteroatoms. The number of aryl methyl sites for hydroxylation is 2. The van der Waals surface area contributed by atoms with Crippen LogP contribution in [-0.2, 0) is 24.1 Å². The molecule has 0 spiro atoms. The van der Waals surface area contributed by atoms with E-state index < -0.39 is 0 Å². The van der Waals surface area contributed by atoms with Crippen LogP contribution >= 0.6 is 0 Å². The summed E-state index contributed by atoms with van der Waals surface area (Å²) in [7, 11) is 0. The molecular formula is C16H24N4O. The van der Waals surface area contributed by atoms with Gasteiger partial charge in [0.05, 0.1) is 5.69 Å². The molecule has 2 atom stereocenters. The smallest absolute Gasteiger partial charge is 0.223 e. The number of nitrogens with one attached hydrogen (secondary N) is 2. The minimum Gasteiger partial charge on any atom is -0.338 e.